The fourth-order valence-corrected chi connectivity index (χ4v) is 2.75. The first kappa shape index (κ1) is 10.2. The third-order valence-corrected chi connectivity index (χ3v) is 3.62. The van der Waals surface area contributed by atoms with Crippen LogP contribution in [0.5, 0.6) is 0 Å². The molecule has 2 fully saturated rings. The molecule has 86 valence electrons. The summed E-state index contributed by atoms with van der Waals surface area (Å²) >= 11 is 0. The van der Waals surface area contributed by atoms with Crippen LogP contribution in [0, 0.1) is 5.82 Å². The van der Waals surface area contributed by atoms with Gasteiger partial charge in [-0.15, -0.1) is 0 Å². The molecule has 0 radical (unpaired) electrons. The molecule has 1 aliphatic carbocycles. The van der Waals surface area contributed by atoms with Gasteiger partial charge in [-0.05, 0) is 37.0 Å². The SMILES string of the molecule is NC1CC(c2cccc(F)c2)N(C2CC2)C1. The second-order valence-corrected chi connectivity index (χ2v) is 4.99. The van der Waals surface area contributed by atoms with E-state index < -0.39 is 0 Å². The summed E-state index contributed by atoms with van der Waals surface area (Å²) in [5, 5.41) is 0. The van der Waals surface area contributed by atoms with Gasteiger partial charge in [0.1, 0.15) is 5.82 Å². The second kappa shape index (κ2) is 3.82. The van der Waals surface area contributed by atoms with Crippen LogP contribution in [0.1, 0.15) is 30.9 Å². The van der Waals surface area contributed by atoms with Gasteiger partial charge in [-0.25, -0.2) is 4.39 Å². The van der Waals surface area contributed by atoms with Crippen molar-refractivity contribution in [3.8, 4) is 0 Å². The number of hydrogen-bond acceptors (Lipinski definition) is 2. The van der Waals surface area contributed by atoms with Crippen molar-refractivity contribution in [2.24, 2.45) is 5.73 Å². The number of likely N-dealkylation sites (tertiary alicyclic amines) is 1. The minimum Gasteiger partial charge on any atom is -0.326 e. The van der Waals surface area contributed by atoms with Crippen molar-refractivity contribution in [2.45, 2.75) is 37.4 Å². The van der Waals surface area contributed by atoms with Gasteiger partial charge in [0.15, 0.2) is 0 Å². The fourth-order valence-electron chi connectivity index (χ4n) is 2.75. The molecule has 1 aliphatic heterocycles. The highest BCUT2D eigenvalue weighted by molar-refractivity contribution is 5.22. The van der Waals surface area contributed by atoms with Crippen LogP contribution in [0.3, 0.4) is 0 Å². The highest BCUT2D eigenvalue weighted by atomic mass is 19.1. The summed E-state index contributed by atoms with van der Waals surface area (Å²) in [7, 11) is 0. The summed E-state index contributed by atoms with van der Waals surface area (Å²) in [6.45, 7) is 0.964. The third kappa shape index (κ3) is 1.85. The Bertz CT molecular complexity index is 389. The fraction of sp³-hybridized carbons (Fsp3) is 0.538. The summed E-state index contributed by atoms with van der Waals surface area (Å²) in [5.41, 5.74) is 7.10. The van der Waals surface area contributed by atoms with E-state index in [0.29, 0.717) is 12.1 Å². The molecular weight excluding hydrogens is 203 g/mol. The predicted octanol–water partition coefficient (Wildman–Crippen LogP) is 2.06. The highest BCUT2D eigenvalue weighted by Gasteiger charge is 2.40. The van der Waals surface area contributed by atoms with E-state index in [-0.39, 0.29) is 11.9 Å². The molecule has 2 aliphatic rings. The monoisotopic (exact) mass is 220 g/mol. The lowest BCUT2D eigenvalue weighted by atomic mass is 10.0. The van der Waals surface area contributed by atoms with Gasteiger partial charge in [-0.2, -0.15) is 0 Å². The predicted molar refractivity (Wildman–Crippen MR) is 61.5 cm³/mol. The maximum absolute atomic E-state index is 13.2. The quantitative estimate of drug-likeness (QED) is 0.826. The average molecular weight is 220 g/mol. The van der Waals surface area contributed by atoms with E-state index in [1.54, 1.807) is 12.1 Å². The Morgan fingerprint density at radius 1 is 1.31 bits per heavy atom. The molecule has 2 unspecified atom stereocenters. The molecule has 2 N–H and O–H groups in total. The molecular formula is C13H17FN2. The first-order valence-corrected chi connectivity index (χ1v) is 6.01. The molecule has 1 aromatic carbocycles. The molecule has 2 atom stereocenters. The number of hydrogen-bond donors (Lipinski definition) is 1. The summed E-state index contributed by atoms with van der Waals surface area (Å²) < 4.78 is 13.2. The number of nitrogens with two attached hydrogens (primary N) is 1. The topological polar surface area (TPSA) is 29.3 Å². The molecule has 16 heavy (non-hydrogen) atoms. The average Bonchev–Trinajstić information content (AvgIpc) is 3.02. The standard InChI is InChI=1S/C13H17FN2/c14-10-3-1-2-9(6-10)13-7-11(15)8-16(13)12-4-5-12/h1-3,6,11-13H,4-5,7-8,15H2. The lowest BCUT2D eigenvalue weighted by Gasteiger charge is -2.24. The van der Waals surface area contributed by atoms with Crippen LogP contribution in [0.25, 0.3) is 0 Å². The number of nitrogens with zero attached hydrogens (tertiary/aromatic N) is 1. The molecule has 0 spiro atoms. The van der Waals surface area contributed by atoms with Crippen LogP contribution in [0.4, 0.5) is 4.39 Å². The zero-order valence-electron chi connectivity index (χ0n) is 9.27. The maximum atomic E-state index is 13.2. The van der Waals surface area contributed by atoms with Crippen molar-refractivity contribution in [3.05, 3.63) is 35.6 Å². The summed E-state index contributed by atoms with van der Waals surface area (Å²) in [6.07, 6.45) is 3.51. The van der Waals surface area contributed by atoms with Crippen molar-refractivity contribution in [2.75, 3.05) is 6.54 Å². The molecule has 0 aromatic heterocycles. The number of rotatable bonds is 2. The van der Waals surface area contributed by atoms with E-state index in [0.717, 1.165) is 18.5 Å². The highest BCUT2D eigenvalue weighted by Crippen LogP contribution is 2.40. The van der Waals surface area contributed by atoms with E-state index in [9.17, 15) is 4.39 Å². The number of benzene rings is 1. The zero-order chi connectivity index (χ0) is 11.1. The molecule has 3 heteroatoms. The first-order valence-electron chi connectivity index (χ1n) is 6.01. The van der Waals surface area contributed by atoms with Gasteiger partial charge < -0.3 is 5.73 Å². The molecule has 1 saturated carbocycles. The van der Waals surface area contributed by atoms with Gasteiger partial charge in [0.25, 0.3) is 0 Å². The first-order chi connectivity index (χ1) is 7.74. The summed E-state index contributed by atoms with van der Waals surface area (Å²) in [6, 6.07) is 8.23. The van der Waals surface area contributed by atoms with Gasteiger partial charge in [0, 0.05) is 24.7 Å². The minimum absolute atomic E-state index is 0.145. The van der Waals surface area contributed by atoms with Crippen molar-refractivity contribution in [3.63, 3.8) is 0 Å². The van der Waals surface area contributed by atoms with Crippen molar-refractivity contribution < 1.29 is 4.39 Å². The lowest BCUT2D eigenvalue weighted by Crippen LogP contribution is -2.29. The van der Waals surface area contributed by atoms with Crippen LogP contribution < -0.4 is 5.73 Å². The molecule has 1 aromatic rings. The van der Waals surface area contributed by atoms with Crippen molar-refractivity contribution in [1.82, 2.24) is 4.90 Å². The molecule has 0 bridgehead atoms. The van der Waals surface area contributed by atoms with Crippen molar-refractivity contribution >= 4 is 0 Å². The molecule has 0 amide bonds. The summed E-state index contributed by atoms with van der Waals surface area (Å²) in [5.74, 6) is -0.145. The van der Waals surface area contributed by atoms with Crippen LogP contribution in [-0.2, 0) is 0 Å². The van der Waals surface area contributed by atoms with Crippen molar-refractivity contribution in [1.29, 1.82) is 0 Å². The van der Waals surface area contributed by atoms with Gasteiger partial charge in [0.2, 0.25) is 0 Å². The van der Waals surface area contributed by atoms with Crippen LogP contribution in [0.15, 0.2) is 24.3 Å². The zero-order valence-corrected chi connectivity index (χ0v) is 9.27. The smallest absolute Gasteiger partial charge is 0.123 e. The van der Waals surface area contributed by atoms with E-state index in [2.05, 4.69) is 4.90 Å². The third-order valence-electron chi connectivity index (χ3n) is 3.62. The Balaban J connectivity index is 1.86. The molecule has 3 rings (SSSR count). The van der Waals surface area contributed by atoms with Crippen LogP contribution >= 0.6 is 0 Å². The largest absolute Gasteiger partial charge is 0.326 e. The Kier molecular flexibility index (Phi) is 2.45. The lowest BCUT2D eigenvalue weighted by molar-refractivity contribution is 0.245. The van der Waals surface area contributed by atoms with E-state index in [1.807, 2.05) is 6.07 Å². The maximum Gasteiger partial charge on any atom is 0.123 e. The second-order valence-electron chi connectivity index (χ2n) is 4.99. The molecule has 2 nitrogen and oxygen atoms in total. The van der Waals surface area contributed by atoms with E-state index in [1.165, 1.54) is 18.9 Å². The Morgan fingerprint density at radius 3 is 2.81 bits per heavy atom. The summed E-state index contributed by atoms with van der Waals surface area (Å²) in [4.78, 5) is 2.46. The van der Waals surface area contributed by atoms with Crippen LogP contribution in [0.2, 0.25) is 0 Å². The molecule has 1 saturated heterocycles. The van der Waals surface area contributed by atoms with E-state index in [4.69, 9.17) is 5.73 Å². The Labute approximate surface area is 95.2 Å². The van der Waals surface area contributed by atoms with Crippen LogP contribution in [-0.4, -0.2) is 23.5 Å². The normalized spacial score (nSPS) is 30.9. The van der Waals surface area contributed by atoms with E-state index >= 15 is 0 Å². The van der Waals surface area contributed by atoms with Gasteiger partial charge in [-0.1, -0.05) is 12.1 Å². The molecule has 1 heterocycles. The Hall–Kier alpha value is -0.930. The minimum atomic E-state index is -0.145. The van der Waals surface area contributed by atoms with Gasteiger partial charge >= 0.3 is 0 Å². The van der Waals surface area contributed by atoms with Gasteiger partial charge in [0.05, 0.1) is 0 Å². The Morgan fingerprint density at radius 2 is 2.12 bits per heavy atom. The number of halogens is 1. The van der Waals surface area contributed by atoms with Gasteiger partial charge in [-0.3, -0.25) is 4.90 Å².